The van der Waals surface area contributed by atoms with E-state index in [0.29, 0.717) is 22.1 Å². The second kappa shape index (κ2) is 15.1. The van der Waals surface area contributed by atoms with E-state index in [1.54, 1.807) is 24.7 Å². The molecule has 0 radical (unpaired) electrons. The largest absolute Gasteiger partial charge is 0.416 e. The van der Waals surface area contributed by atoms with Crippen molar-refractivity contribution in [3.8, 4) is 56.3 Å². The van der Waals surface area contributed by atoms with Crippen molar-refractivity contribution in [1.29, 1.82) is 0 Å². The molecular weight excluding hydrogens is 838 g/mol. The molecule has 6 nitrogen and oxygen atoms in total. The lowest BCUT2D eigenvalue weighted by atomic mass is 9.83. The average molecular weight is 879 g/mol. The van der Waals surface area contributed by atoms with E-state index in [0.717, 1.165) is 89.5 Å². The van der Waals surface area contributed by atoms with Crippen molar-refractivity contribution in [1.82, 2.24) is 29.1 Å². The number of benzene rings is 7. The summed E-state index contributed by atoms with van der Waals surface area (Å²) in [6.45, 7) is 6.74. The zero-order valence-electron chi connectivity index (χ0n) is 36.8. The molecule has 7 aromatic carbocycles. The molecule has 0 spiro atoms. The van der Waals surface area contributed by atoms with Crippen LogP contribution in [0.2, 0.25) is 0 Å². The highest BCUT2D eigenvalue weighted by molar-refractivity contribution is 6.14. The van der Waals surface area contributed by atoms with Gasteiger partial charge in [0.1, 0.15) is 11.6 Å². The van der Waals surface area contributed by atoms with Gasteiger partial charge in [-0.15, -0.1) is 0 Å². The van der Waals surface area contributed by atoms with E-state index in [1.165, 1.54) is 17.0 Å². The smallest absolute Gasteiger partial charge is 0.354 e. The second-order valence-electron chi connectivity index (χ2n) is 18.1. The van der Waals surface area contributed by atoms with Gasteiger partial charge in [-0.05, 0) is 118 Å². The fourth-order valence-electron chi connectivity index (χ4n) is 9.87. The number of halogens is 3. The standard InChI is InChI=1S/C58H41F3N6/c1-57(2,3)47-23-22-45(55-53(47)44-15-7-8-17-48(44)64-55)56-65-54-42(16-10-18-50(54)66(56)41-14-9-13-37(31-41)36-25-28-62-29-26-36)39-19-21-43-46-34-40(58(59,60)61)20-24-49(46)67(51(43)32-39)52-33-38(27-30-63-52)35-11-5-4-6-12-35/h4-34,64H,1-3H3. The molecule has 0 bridgehead atoms. The monoisotopic (exact) mass is 878 g/mol. The SMILES string of the molecule is CC(C)(C)c1ccc(-c2nc3c(-c4ccc5c6cc(C(F)(F)F)ccc6n(-c6cc(-c7ccccc7)ccn6)c5c4)cccc3n2-c2cccc(-c3ccncc3)c2)c2[nH]c3ccccc3c12. The van der Waals surface area contributed by atoms with Gasteiger partial charge in [0.05, 0.1) is 33.1 Å². The van der Waals surface area contributed by atoms with E-state index in [4.69, 9.17) is 9.97 Å². The van der Waals surface area contributed by atoms with Gasteiger partial charge in [0.15, 0.2) is 0 Å². The Labute approximate surface area is 383 Å². The number of rotatable bonds is 6. The number of aromatic amines is 1. The Bertz CT molecular complexity index is 3890. The number of nitrogens with one attached hydrogen (secondary N) is 1. The zero-order chi connectivity index (χ0) is 45.6. The fraction of sp³-hybridized carbons (Fsp3) is 0.0862. The summed E-state index contributed by atoms with van der Waals surface area (Å²) in [7, 11) is 0. The first-order chi connectivity index (χ1) is 32.5. The molecule has 5 heterocycles. The number of para-hydroxylation sites is 2. The molecule has 0 atom stereocenters. The average Bonchev–Trinajstić information content (AvgIpc) is 4.03. The summed E-state index contributed by atoms with van der Waals surface area (Å²) >= 11 is 0. The summed E-state index contributed by atoms with van der Waals surface area (Å²) in [6.07, 6.45) is 0.845. The predicted molar refractivity (Wildman–Crippen MR) is 266 cm³/mol. The summed E-state index contributed by atoms with van der Waals surface area (Å²) < 4.78 is 47.1. The number of fused-ring (bicyclic) bond motifs is 7. The highest BCUT2D eigenvalue weighted by atomic mass is 19.4. The first-order valence-electron chi connectivity index (χ1n) is 22.2. The van der Waals surface area contributed by atoms with Gasteiger partial charge in [0, 0.05) is 62.5 Å². The van der Waals surface area contributed by atoms with Crippen LogP contribution in [0.4, 0.5) is 13.2 Å². The Morgan fingerprint density at radius 3 is 2.07 bits per heavy atom. The molecule has 0 aliphatic heterocycles. The molecule has 0 amide bonds. The topological polar surface area (TPSA) is 64.3 Å². The maximum Gasteiger partial charge on any atom is 0.416 e. The third-order valence-corrected chi connectivity index (χ3v) is 13.0. The van der Waals surface area contributed by atoms with Crippen LogP contribution in [0.5, 0.6) is 0 Å². The van der Waals surface area contributed by atoms with E-state index < -0.39 is 11.7 Å². The molecule has 0 saturated heterocycles. The van der Waals surface area contributed by atoms with Gasteiger partial charge < -0.3 is 4.98 Å². The van der Waals surface area contributed by atoms with Gasteiger partial charge in [-0.25, -0.2) is 9.97 Å². The third kappa shape index (κ3) is 6.68. The molecule has 0 fully saturated rings. The molecule has 0 saturated carbocycles. The molecule has 0 aliphatic rings. The van der Waals surface area contributed by atoms with Crippen molar-refractivity contribution in [3.63, 3.8) is 0 Å². The molecule has 12 aromatic rings. The number of pyridine rings is 2. The second-order valence-corrected chi connectivity index (χ2v) is 18.1. The number of nitrogens with zero attached hydrogens (tertiary/aromatic N) is 5. The van der Waals surface area contributed by atoms with Crippen molar-refractivity contribution in [2.75, 3.05) is 0 Å². The van der Waals surface area contributed by atoms with Crippen LogP contribution in [-0.2, 0) is 11.6 Å². The minimum Gasteiger partial charge on any atom is -0.354 e. The van der Waals surface area contributed by atoms with Crippen molar-refractivity contribution >= 4 is 54.6 Å². The lowest BCUT2D eigenvalue weighted by Crippen LogP contribution is -2.11. The normalized spacial score (nSPS) is 12.3. The van der Waals surface area contributed by atoms with Gasteiger partial charge in [0.2, 0.25) is 0 Å². The van der Waals surface area contributed by atoms with Crippen LogP contribution < -0.4 is 0 Å². The minimum atomic E-state index is -4.51. The highest BCUT2D eigenvalue weighted by Gasteiger charge is 2.32. The maximum atomic E-state index is 14.3. The van der Waals surface area contributed by atoms with Crippen LogP contribution in [0.25, 0.3) is 111 Å². The van der Waals surface area contributed by atoms with Gasteiger partial charge in [-0.3, -0.25) is 14.1 Å². The minimum absolute atomic E-state index is 0.137. The van der Waals surface area contributed by atoms with Gasteiger partial charge >= 0.3 is 6.18 Å². The first-order valence-corrected chi connectivity index (χ1v) is 22.2. The molecule has 0 unspecified atom stereocenters. The van der Waals surface area contributed by atoms with Gasteiger partial charge in [0.25, 0.3) is 0 Å². The fourth-order valence-corrected chi connectivity index (χ4v) is 9.87. The van der Waals surface area contributed by atoms with Crippen LogP contribution in [-0.4, -0.2) is 29.1 Å². The third-order valence-electron chi connectivity index (χ3n) is 13.0. The summed E-state index contributed by atoms with van der Waals surface area (Å²) in [5.74, 6) is 1.36. The van der Waals surface area contributed by atoms with Crippen molar-refractivity contribution < 1.29 is 13.2 Å². The number of hydrogen-bond donors (Lipinski definition) is 1. The molecule has 12 rings (SSSR count). The Morgan fingerprint density at radius 2 is 1.25 bits per heavy atom. The van der Waals surface area contributed by atoms with Gasteiger partial charge in [-0.2, -0.15) is 13.2 Å². The summed E-state index contributed by atoms with van der Waals surface area (Å²) in [6, 6.07) is 55.5. The van der Waals surface area contributed by atoms with Crippen LogP contribution in [0, 0.1) is 0 Å². The molecular formula is C58H41F3N6. The van der Waals surface area contributed by atoms with E-state index in [2.05, 4.69) is 114 Å². The zero-order valence-corrected chi connectivity index (χ0v) is 36.8. The maximum absolute atomic E-state index is 14.3. The Kier molecular flexibility index (Phi) is 9.09. The lowest BCUT2D eigenvalue weighted by molar-refractivity contribution is -0.137. The summed E-state index contributed by atoms with van der Waals surface area (Å²) in [4.78, 5) is 18.5. The molecule has 0 aliphatic carbocycles. The number of alkyl halides is 3. The van der Waals surface area contributed by atoms with E-state index in [-0.39, 0.29) is 5.41 Å². The number of H-pyrrole nitrogens is 1. The summed E-state index contributed by atoms with van der Waals surface area (Å²) in [5, 5.41) is 3.50. The van der Waals surface area contributed by atoms with E-state index in [9.17, 15) is 13.2 Å². The van der Waals surface area contributed by atoms with Crippen molar-refractivity contribution in [2.45, 2.75) is 32.4 Å². The van der Waals surface area contributed by atoms with E-state index >= 15 is 0 Å². The Hall–Kier alpha value is -8.30. The van der Waals surface area contributed by atoms with Crippen LogP contribution >= 0.6 is 0 Å². The predicted octanol–water partition coefficient (Wildman–Crippen LogP) is 15.5. The van der Waals surface area contributed by atoms with Crippen LogP contribution in [0.15, 0.2) is 188 Å². The molecule has 9 heteroatoms. The van der Waals surface area contributed by atoms with Gasteiger partial charge in [-0.1, -0.05) is 112 Å². The lowest BCUT2D eigenvalue weighted by Gasteiger charge is -2.21. The summed E-state index contributed by atoms with van der Waals surface area (Å²) in [5.41, 5.74) is 13.1. The molecule has 1 N–H and O–H groups in total. The highest BCUT2D eigenvalue weighted by Crippen LogP contribution is 2.44. The van der Waals surface area contributed by atoms with Crippen LogP contribution in [0.3, 0.4) is 0 Å². The first kappa shape index (κ1) is 40.2. The van der Waals surface area contributed by atoms with E-state index in [1.807, 2.05) is 77.4 Å². The Morgan fingerprint density at radius 1 is 0.507 bits per heavy atom. The van der Waals surface area contributed by atoms with Crippen molar-refractivity contribution in [2.24, 2.45) is 0 Å². The number of imidazole rings is 1. The Balaban J connectivity index is 1.13. The van der Waals surface area contributed by atoms with Crippen molar-refractivity contribution in [3.05, 3.63) is 200 Å². The number of aromatic nitrogens is 6. The molecule has 324 valence electrons. The quantitative estimate of drug-likeness (QED) is 0.181. The van der Waals surface area contributed by atoms with Crippen LogP contribution in [0.1, 0.15) is 31.9 Å². The number of hydrogen-bond acceptors (Lipinski definition) is 3. The molecule has 67 heavy (non-hydrogen) atoms. The molecule has 5 aromatic heterocycles.